The summed E-state index contributed by atoms with van der Waals surface area (Å²) in [5, 5.41) is 5.16. The molecule has 6 heteroatoms. The van der Waals surface area contributed by atoms with Gasteiger partial charge in [-0.1, -0.05) is 0 Å². The van der Waals surface area contributed by atoms with Crippen LogP contribution in [0.15, 0.2) is 6.07 Å². The van der Waals surface area contributed by atoms with Gasteiger partial charge < -0.3 is 0 Å². The van der Waals surface area contributed by atoms with Crippen LogP contribution in [0.4, 0.5) is 13.2 Å². The lowest BCUT2D eigenvalue weighted by Gasteiger charge is -1.91. The topological polar surface area (TPSA) is 42.9 Å². The van der Waals surface area contributed by atoms with Gasteiger partial charge in [-0.05, 0) is 0 Å². The third-order valence-corrected chi connectivity index (χ3v) is 0.931. The molecule has 1 rings (SSSR count). The molecule has 0 unspecified atom stereocenters. The highest BCUT2D eigenvalue weighted by atomic mass is 19.1. The Balaban J connectivity index is 3.23. The van der Waals surface area contributed by atoms with E-state index < -0.39 is 23.5 Å². The average Bonchev–Trinajstić information content (AvgIpc) is 1.94. The predicted molar refractivity (Wildman–Crippen MR) is 27.4 cm³/mol. The Morgan fingerprint density at radius 3 is 2.45 bits per heavy atom. The quantitative estimate of drug-likeness (QED) is 0.575. The number of aromatic nitrogens is 2. The van der Waals surface area contributed by atoms with Gasteiger partial charge in [-0.3, -0.25) is 4.79 Å². The first-order valence-electron chi connectivity index (χ1n) is 2.50. The fourth-order valence-electron chi connectivity index (χ4n) is 0.491. The highest BCUT2D eigenvalue weighted by molar-refractivity contribution is 5.88. The first kappa shape index (κ1) is 7.64. The fourth-order valence-corrected chi connectivity index (χ4v) is 0.491. The maximum atomic E-state index is 12.2. The summed E-state index contributed by atoms with van der Waals surface area (Å²) in [5.41, 5.74) is -1.04. The Morgan fingerprint density at radius 2 is 2.00 bits per heavy atom. The van der Waals surface area contributed by atoms with Crippen LogP contribution >= 0.6 is 0 Å². The lowest BCUT2D eigenvalue weighted by Crippen LogP contribution is -2.02. The van der Waals surface area contributed by atoms with Crippen molar-refractivity contribution < 1.29 is 18.0 Å². The van der Waals surface area contributed by atoms with E-state index in [2.05, 4.69) is 10.2 Å². The minimum Gasteiger partial charge on any atom is -0.255 e. The van der Waals surface area contributed by atoms with Crippen molar-refractivity contribution in [1.82, 2.24) is 10.2 Å². The van der Waals surface area contributed by atoms with E-state index in [1.807, 2.05) is 0 Å². The Morgan fingerprint density at radius 1 is 1.36 bits per heavy atom. The van der Waals surface area contributed by atoms with Crippen LogP contribution in [0, 0.1) is 11.9 Å². The molecule has 0 aromatic carbocycles. The molecule has 0 aliphatic heterocycles. The van der Waals surface area contributed by atoms with Crippen molar-refractivity contribution in [1.29, 1.82) is 0 Å². The third kappa shape index (κ3) is 1.51. The van der Waals surface area contributed by atoms with Gasteiger partial charge in [0.1, 0.15) is 5.56 Å². The second-order valence-corrected chi connectivity index (χ2v) is 1.65. The van der Waals surface area contributed by atoms with E-state index in [0.717, 1.165) is 0 Å². The minimum absolute atomic E-state index is 0.338. The molecule has 0 aliphatic rings. The molecule has 0 spiro atoms. The van der Waals surface area contributed by atoms with Crippen LogP contribution in [0.1, 0.15) is 10.4 Å². The highest BCUT2D eigenvalue weighted by Crippen LogP contribution is 2.05. The van der Waals surface area contributed by atoms with Crippen LogP contribution in [-0.2, 0) is 0 Å². The van der Waals surface area contributed by atoms with Crippen LogP contribution in [0.3, 0.4) is 0 Å². The Labute approximate surface area is 58.9 Å². The molecule has 0 amide bonds. The summed E-state index contributed by atoms with van der Waals surface area (Å²) in [4.78, 5) is 9.88. The van der Waals surface area contributed by atoms with Crippen LogP contribution in [0.5, 0.6) is 0 Å². The molecule has 1 heterocycles. The molecule has 1 aromatic heterocycles. The number of nitrogens with zero attached hydrogens (tertiary/aromatic N) is 2. The van der Waals surface area contributed by atoms with Gasteiger partial charge in [-0.15, -0.1) is 10.2 Å². The van der Waals surface area contributed by atoms with Crippen molar-refractivity contribution >= 4 is 6.04 Å². The molecular formula is C5HF3N2O. The van der Waals surface area contributed by atoms with Crippen molar-refractivity contribution in [3.05, 3.63) is 23.5 Å². The molecule has 11 heavy (non-hydrogen) atoms. The maximum Gasteiger partial charge on any atom is 0.336 e. The van der Waals surface area contributed by atoms with Crippen LogP contribution < -0.4 is 0 Å². The van der Waals surface area contributed by atoms with Gasteiger partial charge in [0.05, 0.1) is 0 Å². The van der Waals surface area contributed by atoms with Gasteiger partial charge in [0.25, 0.3) is 0 Å². The summed E-state index contributed by atoms with van der Waals surface area (Å²) in [5.74, 6) is -2.62. The van der Waals surface area contributed by atoms with Crippen molar-refractivity contribution in [2.75, 3.05) is 0 Å². The van der Waals surface area contributed by atoms with E-state index in [1.54, 1.807) is 0 Å². The molecule has 0 aliphatic carbocycles. The zero-order valence-corrected chi connectivity index (χ0v) is 5.01. The number of halogens is 3. The van der Waals surface area contributed by atoms with E-state index in [-0.39, 0.29) is 0 Å². The van der Waals surface area contributed by atoms with Gasteiger partial charge in [0.2, 0.25) is 11.9 Å². The molecule has 3 nitrogen and oxygen atoms in total. The summed E-state index contributed by atoms with van der Waals surface area (Å²) >= 11 is 0. The van der Waals surface area contributed by atoms with E-state index in [9.17, 15) is 18.0 Å². The molecule has 0 N–H and O–H groups in total. The molecule has 0 radical (unpaired) electrons. The Bertz CT molecular complexity index is 302. The smallest absolute Gasteiger partial charge is 0.255 e. The third-order valence-electron chi connectivity index (χ3n) is 0.931. The number of rotatable bonds is 1. The number of carbonyl (C=O) groups excluding carboxylic acids is 1. The molecule has 0 saturated heterocycles. The Hall–Kier alpha value is -1.46. The van der Waals surface area contributed by atoms with Crippen LogP contribution in [-0.4, -0.2) is 16.2 Å². The monoisotopic (exact) mass is 162 g/mol. The SMILES string of the molecule is O=C(F)c1cc(F)nnc1F. The first-order valence-corrected chi connectivity index (χ1v) is 2.50. The van der Waals surface area contributed by atoms with E-state index in [0.29, 0.717) is 6.07 Å². The first-order chi connectivity index (χ1) is 5.11. The molecule has 0 bridgehead atoms. The van der Waals surface area contributed by atoms with Crippen molar-refractivity contribution in [2.24, 2.45) is 0 Å². The molecule has 0 fully saturated rings. The van der Waals surface area contributed by atoms with Gasteiger partial charge in [0.15, 0.2) is 0 Å². The number of hydrogen-bond acceptors (Lipinski definition) is 3. The van der Waals surface area contributed by atoms with Gasteiger partial charge in [-0.25, -0.2) is 0 Å². The van der Waals surface area contributed by atoms with Gasteiger partial charge in [-0.2, -0.15) is 13.2 Å². The normalized spacial score (nSPS) is 9.73. The van der Waals surface area contributed by atoms with E-state index >= 15 is 0 Å². The zero-order chi connectivity index (χ0) is 8.43. The van der Waals surface area contributed by atoms with Gasteiger partial charge in [0, 0.05) is 6.07 Å². The van der Waals surface area contributed by atoms with Crippen LogP contribution in [0.2, 0.25) is 0 Å². The van der Waals surface area contributed by atoms with Crippen molar-refractivity contribution in [3.8, 4) is 0 Å². The summed E-state index contributed by atoms with van der Waals surface area (Å²) < 4.78 is 36.0. The summed E-state index contributed by atoms with van der Waals surface area (Å²) in [7, 11) is 0. The van der Waals surface area contributed by atoms with E-state index in [1.165, 1.54) is 0 Å². The largest absolute Gasteiger partial charge is 0.336 e. The summed E-state index contributed by atoms with van der Waals surface area (Å²) in [6.07, 6.45) is 0. The lowest BCUT2D eigenvalue weighted by molar-refractivity contribution is 0.0829. The fraction of sp³-hybridized carbons (Fsp3) is 0. The maximum absolute atomic E-state index is 12.2. The van der Waals surface area contributed by atoms with Gasteiger partial charge >= 0.3 is 6.04 Å². The second kappa shape index (κ2) is 2.65. The molecule has 1 aromatic rings. The average molecular weight is 162 g/mol. The summed E-state index contributed by atoms with van der Waals surface area (Å²) in [6, 6.07) is -1.73. The highest BCUT2D eigenvalue weighted by Gasteiger charge is 2.13. The Kier molecular flexibility index (Phi) is 1.84. The number of hydrogen-bond donors (Lipinski definition) is 0. The zero-order valence-electron chi connectivity index (χ0n) is 5.01. The van der Waals surface area contributed by atoms with E-state index in [4.69, 9.17) is 0 Å². The molecule has 0 atom stereocenters. The summed E-state index contributed by atoms with van der Waals surface area (Å²) in [6.45, 7) is 0. The standard InChI is InChI=1S/C5HF3N2O/c6-3-1-2(5(8)11)4(7)10-9-3/h1H. The predicted octanol–water partition coefficient (Wildman–Crippen LogP) is 0.865. The molecule has 58 valence electrons. The lowest BCUT2D eigenvalue weighted by atomic mass is 10.3. The second-order valence-electron chi connectivity index (χ2n) is 1.65. The van der Waals surface area contributed by atoms with Crippen molar-refractivity contribution in [2.45, 2.75) is 0 Å². The minimum atomic E-state index is -2.07. The van der Waals surface area contributed by atoms with Crippen LogP contribution in [0.25, 0.3) is 0 Å². The molecule has 0 saturated carbocycles. The molecular weight excluding hydrogens is 161 g/mol. The number of carbonyl (C=O) groups is 1. The van der Waals surface area contributed by atoms with Crippen molar-refractivity contribution in [3.63, 3.8) is 0 Å².